The van der Waals surface area contributed by atoms with Gasteiger partial charge < -0.3 is 0 Å². The molecular weight excluding hydrogens is 330 g/mol. The minimum absolute atomic E-state index is 0.415. The molecule has 0 bridgehead atoms. The quantitative estimate of drug-likeness (QED) is 0.488. The van der Waals surface area contributed by atoms with Crippen molar-refractivity contribution in [3.05, 3.63) is 35.4 Å². The predicted octanol–water partition coefficient (Wildman–Crippen LogP) is 7.14. The zero-order valence-corrected chi connectivity index (χ0v) is 16.8. The highest BCUT2D eigenvalue weighted by Crippen LogP contribution is 2.54. The molecule has 0 unspecified atom stereocenters. The first kappa shape index (κ1) is 19.1. The second kappa shape index (κ2) is 8.33. The molecule has 1 aromatic carbocycles. The third-order valence-electron chi connectivity index (χ3n) is 7.19. The van der Waals surface area contributed by atoms with E-state index < -0.39 is 11.6 Å². The van der Waals surface area contributed by atoms with E-state index in [2.05, 4.69) is 13.8 Å². The van der Waals surface area contributed by atoms with E-state index in [9.17, 15) is 8.78 Å². The van der Waals surface area contributed by atoms with Crippen LogP contribution in [0, 0.1) is 23.0 Å². The van der Waals surface area contributed by atoms with Crippen LogP contribution in [0.4, 0.5) is 8.78 Å². The Bertz CT molecular complexity index is 555. The van der Waals surface area contributed by atoms with Crippen molar-refractivity contribution in [2.75, 3.05) is 0 Å². The number of halogens is 2. The monoisotopic (exact) mass is 362 g/mol. The van der Waals surface area contributed by atoms with Crippen LogP contribution in [0.2, 0.25) is 11.6 Å². The maximum Gasteiger partial charge on any atom is 0.159 e. The van der Waals surface area contributed by atoms with Crippen LogP contribution in [0.5, 0.6) is 0 Å². The van der Waals surface area contributed by atoms with Crippen LogP contribution < -0.4 is 0 Å². The maximum absolute atomic E-state index is 13.5. The largest absolute Gasteiger partial charge is 0.204 e. The van der Waals surface area contributed by atoms with Gasteiger partial charge in [-0.1, -0.05) is 45.2 Å². The third kappa shape index (κ3) is 4.18. The minimum Gasteiger partial charge on any atom is -0.204 e. The fraction of sp³-hybridized carbons (Fsp3) is 0.727. The molecule has 3 rings (SSSR count). The smallest absolute Gasteiger partial charge is 0.159 e. The maximum atomic E-state index is 13.5. The van der Waals surface area contributed by atoms with Crippen LogP contribution in [0.25, 0.3) is 0 Å². The Balaban J connectivity index is 1.60. The van der Waals surface area contributed by atoms with E-state index in [1.54, 1.807) is 6.07 Å². The van der Waals surface area contributed by atoms with Gasteiger partial charge in [0.15, 0.2) is 11.6 Å². The minimum atomic E-state index is -0.730. The summed E-state index contributed by atoms with van der Waals surface area (Å²) < 4.78 is 26.7. The number of rotatable bonds is 5. The highest BCUT2D eigenvalue weighted by molar-refractivity contribution is 6.37. The van der Waals surface area contributed by atoms with Crippen molar-refractivity contribution in [2.45, 2.75) is 89.1 Å². The molecule has 1 aromatic rings. The van der Waals surface area contributed by atoms with Gasteiger partial charge in [-0.15, -0.1) is 0 Å². The fourth-order valence-electron chi connectivity index (χ4n) is 5.54. The number of hydrogen-bond donors (Lipinski definition) is 0. The van der Waals surface area contributed by atoms with Crippen molar-refractivity contribution in [2.24, 2.45) is 11.3 Å². The average molecular weight is 363 g/mol. The Morgan fingerprint density at radius 1 is 0.960 bits per heavy atom. The molecule has 2 aliphatic carbocycles. The van der Waals surface area contributed by atoms with E-state index in [0.29, 0.717) is 11.3 Å². The molecular formula is C22H32F2Si. The molecule has 0 saturated heterocycles. The van der Waals surface area contributed by atoms with Gasteiger partial charge in [-0.3, -0.25) is 0 Å². The standard InChI is InChI=1S/C22H32F2Si/c1-3-22(13-11-19(12-14-22)25-4-2)18-8-5-16(6-9-18)17-7-10-20(23)21(24)15-17/h7,10,15-16,18-19H,3-6,8-9,11-14H2,1-2H3. The molecule has 0 aliphatic heterocycles. The predicted molar refractivity (Wildman–Crippen MR) is 102 cm³/mol. The van der Waals surface area contributed by atoms with Gasteiger partial charge in [0.25, 0.3) is 0 Å². The second-order valence-corrected chi connectivity index (χ2v) is 10.2. The molecule has 0 amide bonds. The Hall–Kier alpha value is -0.703. The van der Waals surface area contributed by atoms with Crippen LogP contribution in [0.15, 0.2) is 18.2 Å². The van der Waals surface area contributed by atoms with Crippen LogP contribution in [0.1, 0.15) is 83.1 Å². The lowest BCUT2D eigenvalue weighted by Crippen LogP contribution is -2.36. The Labute approximate surface area is 154 Å². The fourth-order valence-corrected chi connectivity index (χ4v) is 6.82. The first-order valence-corrected chi connectivity index (χ1v) is 11.5. The molecule has 0 heterocycles. The summed E-state index contributed by atoms with van der Waals surface area (Å²) in [4.78, 5) is 0. The van der Waals surface area contributed by atoms with E-state index in [0.717, 1.165) is 39.4 Å². The van der Waals surface area contributed by atoms with Crippen molar-refractivity contribution < 1.29 is 8.78 Å². The normalized spacial score (nSPS) is 33.4. The average Bonchev–Trinajstić information content (AvgIpc) is 2.65. The molecule has 2 radical (unpaired) electrons. The molecule has 2 aliphatic rings. The molecule has 2 saturated carbocycles. The van der Waals surface area contributed by atoms with Crippen LogP contribution in [-0.2, 0) is 0 Å². The Morgan fingerprint density at radius 3 is 2.20 bits per heavy atom. The van der Waals surface area contributed by atoms with E-state index in [4.69, 9.17) is 0 Å². The molecule has 2 fully saturated rings. The van der Waals surface area contributed by atoms with Gasteiger partial charge in [0, 0.05) is 9.52 Å². The van der Waals surface area contributed by atoms with E-state index in [1.165, 1.54) is 63.1 Å². The number of hydrogen-bond acceptors (Lipinski definition) is 0. The molecule has 0 atom stereocenters. The van der Waals surface area contributed by atoms with E-state index >= 15 is 0 Å². The van der Waals surface area contributed by atoms with Gasteiger partial charge >= 0.3 is 0 Å². The lowest BCUT2D eigenvalue weighted by Gasteiger charge is -2.48. The van der Waals surface area contributed by atoms with Crippen LogP contribution in [0.3, 0.4) is 0 Å². The topological polar surface area (TPSA) is 0 Å². The zero-order chi connectivity index (χ0) is 17.9. The van der Waals surface area contributed by atoms with Gasteiger partial charge in [0.05, 0.1) is 0 Å². The number of benzene rings is 1. The molecule has 0 nitrogen and oxygen atoms in total. The lowest BCUT2D eigenvalue weighted by molar-refractivity contribution is 0.0585. The summed E-state index contributed by atoms with van der Waals surface area (Å²) in [5.74, 6) is -0.172. The summed E-state index contributed by atoms with van der Waals surface area (Å²) in [7, 11) is 1.16. The summed E-state index contributed by atoms with van der Waals surface area (Å²) in [6, 6.07) is 5.85. The highest BCUT2D eigenvalue weighted by atomic mass is 28.2. The summed E-state index contributed by atoms with van der Waals surface area (Å²) in [6.07, 6.45) is 11.8. The van der Waals surface area contributed by atoms with Crippen molar-refractivity contribution in [1.29, 1.82) is 0 Å². The molecule has 0 aromatic heterocycles. The van der Waals surface area contributed by atoms with Crippen molar-refractivity contribution in [3.63, 3.8) is 0 Å². The van der Waals surface area contributed by atoms with E-state index in [1.807, 2.05) is 0 Å². The van der Waals surface area contributed by atoms with Crippen molar-refractivity contribution in [1.82, 2.24) is 0 Å². The summed E-state index contributed by atoms with van der Waals surface area (Å²) >= 11 is 0. The van der Waals surface area contributed by atoms with Crippen LogP contribution >= 0.6 is 0 Å². The third-order valence-corrected chi connectivity index (χ3v) is 8.75. The summed E-state index contributed by atoms with van der Waals surface area (Å²) in [6.45, 7) is 4.71. The molecule has 0 N–H and O–H groups in total. The molecule has 138 valence electrons. The zero-order valence-electron chi connectivity index (χ0n) is 15.8. The molecule has 0 spiro atoms. The van der Waals surface area contributed by atoms with Gasteiger partial charge in [0.2, 0.25) is 0 Å². The second-order valence-electron chi connectivity index (χ2n) is 8.27. The first-order valence-electron chi connectivity index (χ1n) is 10.3. The van der Waals surface area contributed by atoms with Gasteiger partial charge in [-0.25, -0.2) is 8.78 Å². The molecule has 3 heteroatoms. The Morgan fingerprint density at radius 2 is 1.64 bits per heavy atom. The summed E-state index contributed by atoms with van der Waals surface area (Å²) in [5, 5.41) is 0. The summed E-state index contributed by atoms with van der Waals surface area (Å²) in [5.41, 5.74) is 2.55. The van der Waals surface area contributed by atoms with Crippen LogP contribution in [-0.4, -0.2) is 9.52 Å². The Kier molecular flexibility index (Phi) is 6.35. The van der Waals surface area contributed by atoms with Gasteiger partial charge in [-0.05, 0) is 79.0 Å². The first-order chi connectivity index (χ1) is 12.1. The lowest BCUT2D eigenvalue weighted by atomic mass is 9.59. The van der Waals surface area contributed by atoms with Gasteiger partial charge in [-0.2, -0.15) is 0 Å². The SMILES string of the molecule is CC[Si]C1CCC(CC)(C2CCC(c3ccc(F)c(F)c3)CC2)CC1. The van der Waals surface area contributed by atoms with E-state index in [-0.39, 0.29) is 0 Å². The van der Waals surface area contributed by atoms with Crippen molar-refractivity contribution >= 4 is 9.52 Å². The highest BCUT2D eigenvalue weighted by Gasteiger charge is 2.41. The van der Waals surface area contributed by atoms with Crippen molar-refractivity contribution in [3.8, 4) is 0 Å². The van der Waals surface area contributed by atoms with Gasteiger partial charge in [0.1, 0.15) is 0 Å². The molecule has 25 heavy (non-hydrogen) atoms.